The van der Waals surface area contributed by atoms with Crippen molar-refractivity contribution in [3.05, 3.63) is 64.5 Å². The molecule has 2 fully saturated rings. The van der Waals surface area contributed by atoms with Crippen molar-refractivity contribution in [2.45, 2.75) is 37.1 Å². The molecule has 0 spiro atoms. The molecule has 6 rings (SSSR count). The molecule has 1 aliphatic carbocycles. The number of aromatic hydroxyl groups is 1. The number of carbonyl (C=O) groups is 1. The Morgan fingerprint density at radius 3 is 2.45 bits per heavy atom. The molecule has 194 valence electrons. The second kappa shape index (κ2) is 9.69. The molecule has 4 N–H and O–H groups in total. The number of nitrogens with zero attached hydrogens (tertiary/aromatic N) is 4. The molecule has 1 atom stereocenters. The summed E-state index contributed by atoms with van der Waals surface area (Å²) in [6.45, 7) is 1.62. The van der Waals surface area contributed by atoms with E-state index in [4.69, 9.17) is 28.9 Å². The van der Waals surface area contributed by atoms with Crippen molar-refractivity contribution in [2.24, 2.45) is 5.73 Å². The lowest BCUT2D eigenvalue weighted by Crippen LogP contribution is -2.43. The van der Waals surface area contributed by atoms with Crippen molar-refractivity contribution in [3.63, 3.8) is 0 Å². The van der Waals surface area contributed by atoms with Gasteiger partial charge in [-0.25, -0.2) is 9.97 Å². The second-order valence-electron chi connectivity index (χ2n) is 10.1. The summed E-state index contributed by atoms with van der Waals surface area (Å²) in [5.41, 5.74) is 10.2. The number of fused-ring (bicyclic) bond motifs is 1. The summed E-state index contributed by atoms with van der Waals surface area (Å²) >= 11 is 12.4. The van der Waals surface area contributed by atoms with Crippen LogP contribution < -0.4 is 16.0 Å². The zero-order valence-corrected chi connectivity index (χ0v) is 22.0. The molecule has 2 aromatic heterocycles. The lowest BCUT2D eigenvalue weighted by atomic mass is 9.94. The Balaban J connectivity index is 1.42. The number of nitrogens with two attached hydrogens (primary N) is 1. The van der Waals surface area contributed by atoms with Crippen LogP contribution in [0, 0.1) is 0 Å². The number of piperidine rings is 1. The van der Waals surface area contributed by atoms with Crippen molar-refractivity contribution >= 4 is 57.7 Å². The van der Waals surface area contributed by atoms with Gasteiger partial charge >= 0.3 is 0 Å². The third kappa shape index (κ3) is 4.53. The molecule has 8 nitrogen and oxygen atoms in total. The van der Waals surface area contributed by atoms with Gasteiger partial charge < -0.3 is 25.9 Å². The zero-order valence-electron chi connectivity index (χ0n) is 20.5. The number of aldehydes is 1. The first-order chi connectivity index (χ1) is 18.4. The van der Waals surface area contributed by atoms with Gasteiger partial charge in [0.15, 0.2) is 5.75 Å². The Hall–Kier alpha value is -3.46. The van der Waals surface area contributed by atoms with Crippen molar-refractivity contribution in [3.8, 4) is 16.9 Å². The van der Waals surface area contributed by atoms with Crippen molar-refractivity contribution < 1.29 is 9.90 Å². The molecule has 2 aromatic carbocycles. The van der Waals surface area contributed by atoms with E-state index in [0.29, 0.717) is 11.6 Å². The molecule has 1 saturated carbocycles. The lowest BCUT2D eigenvalue weighted by Gasteiger charge is -2.30. The number of phenols is 1. The van der Waals surface area contributed by atoms with Crippen LogP contribution in [-0.2, 0) is 10.2 Å². The van der Waals surface area contributed by atoms with Crippen LogP contribution in [0.3, 0.4) is 0 Å². The van der Waals surface area contributed by atoms with Gasteiger partial charge in [0.2, 0.25) is 5.95 Å². The van der Waals surface area contributed by atoms with Crippen molar-refractivity contribution in [1.29, 1.82) is 0 Å². The maximum absolute atomic E-state index is 12.1. The van der Waals surface area contributed by atoms with Gasteiger partial charge in [-0.05, 0) is 61.1 Å². The summed E-state index contributed by atoms with van der Waals surface area (Å²) in [7, 11) is 0. The van der Waals surface area contributed by atoms with Crippen LogP contribution in [-0.4, -0.2) is 45.5 Å². The fourth-order valence-electron chi connectivity index (χ4n) is 5.09. The van der Waals surface area contributed by atoms with Gasteiger partial charge in [0.1, 0.15) is 6.29 Å². The Bertz CT molecular complexity index is 1520. The van der Waals surface area contributed by atoms with Gasteiger partial charge in [-0.3, -0.25) is 4.98 Å². The Kier molecular flexibility index (Phi) is 6.34. The highest BCUT2D eigenvalue weighted by Gasteiger charge is 2.46. The predicted octanol–water partition coefficient (Wildman–Crippen LogP) is 5.61. The first-order valence-corrected chi connectivity index (χ1v) is 13.3. The number of anilines is 3. The molecule has 0 radical (unpaired) electrons. The minimum Gasteiger partial charge on any atom is -0.505 e. The highest BCUT2D eigenvalue weighted by molar-refractivity contribution is 6.37. The Morgan fingerprint density at radius 2 is 1.79 bits per heavy atom. The fourth-order valence-corrected chi connectivity index (χ4v) is 5.57. The van der Waals surface area contributed by atoms with Gasteiger partial charge in [-0.15, -0.1) is 0 Å². The molecular formula is C28H26Cl2N6O2. The summed E-state index contributed by atoms with van der Waals surface area (Å²) in [6, 6.07) is 9.28. The molecule has 2 aliphatic rings. The summed E-state index contributed by atoms with van der Waals surface area (Å²) in [5.74, 6) is 0.501. The van der Waals surface area contributed by atoms with E-state index in [1.807, 2.05) is 18.2 Å². The number of nitrogens with one attached hydrogen (secondary N) is 1. The van der Waals surface area contributed by atoms with Crippen LogP contribution in [0.1, 0.15) is 31.2 Å². The molecule has 10 heteroatoms. The van der Waals surface area contributed by atoms with Crippen molar-refractivity contribution in [2.75, 3.05) is 23.3 Å². The first kappa shape index (κ1) is 24.9. The molecular weight excluding hydrogens is 523 g/mol. The smallest absolute Gasteiger partial charge is 0.225 e. The molecule has 3 heterocycles. The van der Waals surface area contributed by atoms with E-state index in [9.17, 15) is 9.90 Å². The van der Waals surface area contributed by atoms with Crippen LogP contribution in [0.4, 0.5) is 17.3 Å². The fraction of sp³-hybridized carbons (Fsp3) is 0.286. The quantitative estimate of drug-likeness (QED) is 0.266. The average Bonchev–Trinajstić information content (AvgIpc) is 3.73. The SMILES string of the molecule is NC1CCCN(c2ncc(Nc3c(C4(C=O)CC4)cnc4ccc(-c5cc(Cl)c(O)c(Cl)c5)cc34)cn2)C1. The van der Waals surface area contributed by atoms with Gasteiger partial charge in [-0.2, -0.15) is 0 Å². The molecule has 1 unspecified atom stereocenters. The van der Waals surface area contributed by atoms with E-state index in [-0.39, 0.29) is 21.8 Å². The average molecular weight is 549 g/mol. The molecule has 0 bridgehead atoms. The number of benzene rings is 2. The van der Waals surface area contributed by atoms with E-state index in [1.54, 1.807) is 30.7 Å². The summed E-state index contributed by atoms with van der Waals surface area (Å²) in [4.78, 5) is 28.1. The summed E-state index contributed by atoms with van der Waals surface area (Å²) in [6.07, 6.45) is 9.87. The number of aromatic nitrogens is 3. The number of phenolic OH excluding ortho intramolecular Hbond substituents is 1. The topological polar surface area (TPSA) is 117 Å². The predicted molar refractivity (Wildman–Crippen MR) is 151 cm³/mol. The highest BCUT2D eigenvalue weighted by Crippen LogP contribution is 2.51. The van der Waals surface area contributed by atoms with E-state index < -0.39 is 5.41 Å². The monoisotopic (exact) mass is 548 g/mol. The maximum atomic E-state index is 12.1. The molecule has 4 aromatic rings. The lowest BCUT2D eigenvalue weighted by molar-refractivity contribution is -0.109. The van der Waals surface area contributed by atoms with Gasteiger partial charge in [0.25, 0.3) is 0 Å². The van der Waals surface area contributed by atoms with E-state index in [1.165, 1.54) is 0 Å². The zero-order chi connectivity index (χ0) is 26.4. The van der Waals surface area contributed by atoms with Crippen molar-refractivity contribution in [1.82, 2.24) is 15.0 Å². The van der Waals surface area contributed by atoms with Crippen LogP contribution in [0.5, 0.6) is 5.75 Å². The third-order valence-electron chi connectivity index (χ3n) is 7.42. The van der Waals surface area contributed by atoms with E-state index >= 15 is 0 Å². The number of halogens is 2. The molecule has 1 saturated heterocycles. The maximum Gasteiger partial charge on any atom is 0.225 e. The number of rotatable bonds is 6. The van der Waals surface area contributed by atoms with Gasteiger partial charge in [0, 0.05) is 36.3 Å². The van der Waals surface area contributed by atoms with E-state index in [0.717, 1.165) is 78.3 Å². The third-order valence-corrected chi connectivity index (χ3v) is 7.99. The van der Waals surface area contributed by atoms with Crippen LogP contribution >= 0.6 is 23.2 Å². The minimum atomic E-state index is -0.560. The number of hydrogen-bond acceptors (Lipinski definition) is 8. The largest absolute Gasteiger partial charge is 0.505 e. The Morgan fingerprint density at radius 1 is 1.05 bits per heavy atom. The van der Waals surface area contributed by atoms with Gasteiger partial charge in [0.05, 0.1) is 44.7 Å². The first-order valence-electron chi connectivity index (χ1n) is 12.5. The molecule has 38 heavy (non-hydrogen) atoms. The number of hydrogen-bond donors (Lipinski definition) is 3. The van der Waals surface area contributed by atoms with E-state index in [2.05, 4.69) is 25.2 Å². The Labute approximate surface area is 229 Å². The molecule has 0 amide bonds. The standard InChI is InChI=1S/C28H26Cl2N6O2/c29-22-9-17(10-23(30)26(22)38)16-3-4-24-20(8-16)25(21(13-32-24)28(15-37)5-6-28)35-19-11-33-27(34-12-19)36-7-1-2-18(31)14-36/h3-4,8-13,15,18,38H,1-2,5-7,14,31H2,(H,32,35). The van der Waals surface area contributed by atoms with Crippen LogP contribution in [0.2, 0.25) is 10.0 Å². The van der Waals surface area contributed by atoms with Crippen LogP contribution in [0.15, 0.2) is 48.9 Å². The number of pyridine rings is 1. The minimum absolute atomic E-state index is 0.126. The van der Waals surface area contributed by atoms with Crippen LogP contribution in [0.25, 0.3) is 22.0 Å². The highest BCUT2D eigenvalue weighted by atomic mass is 35.5. The normalized spacial score (nSPS) is 18.4. The van der Waals surface area contributed by atoms with Gasteiger partial charge in [-0.1, -0.05) is 29.3 Å². The summed E-state index contributed by atoms with van der Waals surface area (Å²) < 4.78 is 0. The molecule has 1 aliphatic heterocycles. The second-order valence-corrected chi connectivity index (χ2v) is 10.9. The number of carbonyl (C=O) groups excluding carboxylic acids is 1. The summed E-state index contributed by atoms with van der Waals surface area (Å²) in [5, 5.41) is 14.7.